The van der Waals surface area contributed by atoms with Crippen LogP contribution in [0.25, 0.3) is 0 Å². The summed E-state index contributed by atoms with van der Waals surface area (Å²) in [5, 5.41) is 22.4. The highest BCUT2D eigenvalue weighted by Crippen LogP contribution is 2.51. The number of aromatic amines is 1. The summed E-state index contributed by atoms with van der Waals surface area (Å²) >= 11 is 11.1. The van der Waals surface area contributed by atoms with E-state index in [-0.39, 0.29) is 22.5 Å². The minimum Gasteiger partial charge on any atom is -0.465 e. The van der Waals surface area contributed by atoms with Gasteiger partial charge in [-0.3, -0.25) is 23.7 Å². The summed E-state index contributed by atoms with van der Waals surface area (Å²) in [6.07, 6.45) is -4.68. The first-order chi connectivity index (χ1) is 18.7. The molecule has 2 heterocycles. The van der Waals surface area contributed by atoms with Gasteiger partial charge < -0.3 is 24.2 Å². The van der Waals surface area contributed by atoms with Gasteiger partial charge in [0, 0.05) is 17.3 Å². The zero-order chi connectivity index (χ0) is 31.0. The van der Waals surface area contributed by atoms with E-state index in [4.69, 9.17) is 45.1 Å². The molecule has 3 N–H and O–H groups in total. The number of aliphatic hydroxyl groups is 2. The molecule has 11 nitrogen and oxygen atoms in total. The van der Waals surface area contributed by atoms with Gasteiger partial charge in [0.15, 0.2) is 11.0 Å². The molecule has 3 rings (SSSR count). The molecule has 1 aliphatic rings. The molecule has 1 saturated heterocycles. The van der Waals surface area contributed by atoms with Gasteiger partial charge in [-0.05, 0) is 48.8 Å². The summed E-state index contributed by atoms with van der Waals surface area (Å²) in [5.41, 5.74) is -2.98. The molecule has 216 valence electrons. The zero-order valence-corrected chi connectivity index (χ0v) is 24.6. The van der Waals surface area contributed by atoms with E-state index in [1.807, 2.05) is 20.8 Å². The number of esters is 1. The highest BCUT2D eigenvalue weighted by Gasteiger charge is 2.53. The summed E-state index contributed by atoms with van der Waals surface area (Å²) in [6.45, 7) is 5.26. The Hall–Kier alpha value is -2.05. The van der Waals surface area contributed by atoms with Gasteiger partial charge in [-0.2, -0.15) is 0 Å². The molecule has 2 unspecified atom stereocenters. The van der Waals surface area contributed by atoms with E-state index in [0.29, 0.717) is 5.02 Å². The number of nitrogens with zero attached hydrogens (tertiary/aromatic N) is 1. The number of carbonyl (C=O) groups is 1. The standard InChI is InChI=1S/C25H34ClN2O9PS/c1-15(21(31)34-14-24(2,3)4)13-38(33,37-17-8-6-16(26)7-9-17)35-12-18-20(30)25(5,32)22(36-18)28-11-10-19(29)27-23(28)39/h6-11,15,18,20,22,30,32H,12-14H2,1-5H3,(H,27,29,39)/t15-,18-,20+,22-,25?,38?/m1/s1/i12D2. The normalized spacial score (nSPS) is 26.7. The zero-order valence-electron chi connectivity index (χ0n) is 24.1. The second kappa shape index (κ2) is 12.2. The van der Waals surface area contributed by atoms with Crippen molar-refractivity contribution in [2.24, 2.45) is 11.3 Å². The molecule has 1 aromatic heterocycles. The van der Waals surface area contributed by atoms with Crippen molar-refractivity contribution >= 4 is 37.4 Å². The van der Waals surface area contributed by atoms with Crippen molar-refractivity contribution in [3.8, 4) is 5.75 Å². The number of hydrogen-bond donors (Lipinski definition) is 3. The van der Waals surface area contributed by atoms with E-state index in [9.17, 15) is 24.4 Å². The summed E-state index contributed by atoms with van der Waals surface area (Å²) in [5.74, 6) is -1.73. The Kier molecular flexibility index (Phi) is 8.92. The molecule has 14 heteroatoms. The Labute approximate surface area is 239 Å². The molecule has 1 fully saturated rings. The first kappa shape index (κ1) is 28.5. The molecule has 0 saturated carbocycles. The van der Waals surface area contributed by atoms with E-state index < -0.39 is 61.8 Å². The Morgan fingerprint density at radius 1 is 1.36 bits per heavy atom. The van der Waals surface area contributed by atoms with Crippen molar-refractivity contribution in [3.05, 3.63) is 56.7 Å². The maximum absolute atomic E-state index is 14.1. The average molecular weight is 607 g/mol. The van der Waals surface area contributed by atoms with Crippen LogP contribution in [-0.4, -0.2) is 62.9 Å². The molecule has 1 aliphatic heterocycles. The summed E-state index contributed by atoms with van der Waals surface area (Å²) in [4.78, 5) is 26.6. The number of hydrogen-bond acceptors (Lipinski definition) is 10. The van der Waals surface area contributed by atoms with Gasteiger partial charge in [-0.15, -0.1) is 0 Å². The fraction of sp³-hybridized carbons (Fsp3) is 0.560. The molecule has 0 bridgehead atoms. The third-order valence-electron chi connectivity index (χ3n) is 5.68. The van der Waals surface area contributed by atoms with Crippen molar-refractivity contribution in [1.82, 2.24) is 9.55 Å². The third-order valence-corrected chi connectivity index (χ3v) is 8.11. The van der Waals surface area contributed by atoms with Crippen LogP contribution in [0.15, 0.2) is 41.3 Å². The topological polar surface area (TPSA) is 149 Å². The van der Waals surface area contributed by atoms with Gasteiger partial charge in [0.1, 0.15) is 23.6 Å². The fourth-order valence-electron chi connectivity index (χ4n) is 3.58. The van der Waals surface area contributed by atoms with Crippen LogP contribution >= 0.6 is 31.4 Å². The van der Waals surface area contributed by atoms with Crippen molar-refractivity contribution in [2.75, 3.05) is 19.3 Å². The Morgan fingerprint density at radius 3 is 2.59 bits per heavy atom. The first-order valence-corrected chi connectivity index (χ1v) is 14.5. The average Bonchev–Trinajstić information content (AvgIpc) is 3.07. The lowest BCUT2D eigenvalue weighted by Crippen LogP contribution is -2.44. The summed E-state index contributed by atoms with van der Waals surface area (Å²) in [6, 6.07) is 6.79. The van der Waals surface area contributed by atoms with E-state index in [2.05, 4.69) is 4.98 Å². The molecule has 0 spiro atoms. The van der Waals surface area contributed by atoms with Crippen LogP contribution in [0.2, 0.25) is 5.02 Å². The van der Waals surface area contributed by atoms with Crippen LogP contribution in [0.4, 0.5) is 0 Å². The van der Waals surface area contributed by atoms with Gasteiger partial charge in [-0.25, -0.2) is 4.57 Å². The number of halogens is 1. The molecular weight excluding hydrogens is 571 g/mol. The predicted molar refractivity (Wildman–Crippen MR) is 147 cm³/mol. The SMILES string of the molecule is [2H]C([2H])(OP(=O)(C[C@@H](C)C(=O)OCC(C)(C)C)Oc1ccc(Cl)cc1)[C@H]1O[C@@H](n2ccc(=O)[nH]c2=S)C(C)(O)[C@H]1O. The lowest BCUT2D eigenvalue weighted by Gasteiger charge is -2.28. The molecule has 2 aromatic rings. The molecule has 1 aromatic carbocycles. The van der Waals surface area contributed by atoms with Crippen LogP contribution in [0.5, 0.6) is 5.75 Å². The first-order valence-electron chi connectivity index (χ1n) is 13.0. The maximum Gasteiger partial charge on any atom is 0.380 e. The number of rotatable bonds is 10. The number of nitrogens with one attached hydrogen (secondary N) is 1. The van der Waals surface area contributed by atoms with Crippen molar-refractivity contribution < 1.29 is 40.8 Å². The number of benzene rings is 1. The minimum absolute atomic E-state index is 0.0149. The largest absolute Gasteiger partial charge is 0.465 e. The van der Waals surface area contributed by atoms with E-state index in [1.165, 1.54) is 44.3 Å². The second-order valence-corrected chi connectivity index (χ2v) is 13.5. The Bertz CT molecular complexity index is 1410. The number of carbonyl (C=O) groups excluding carboxylic acids is 1. The molecule has 39 heavy (non-hydrogen) atoms. The predicted octanol–water partition coefficient (Wildman–Crippen LogP) is 4.08. The molecule has 0 amide bonds. The lowest BCUT2D eigenvalue weighted by molar-refractivity contribution is -0.150. The number of aromatic nitrogens is 2. The molecule has 0 radical (unpaired) electrons. The lowest BCUT2D eigenvalue weighted by atomic mass is 9.96. The van der Waals surface area contributed by atoms with Gasteiger partial charge in [-0.1, -0.05) is 39.3 Å². The van der Waals surface area contributed by atoms with Gasteiger partial charge in [0.2, 0.25) is 0 Å². The van der Waals surface area contributed by atoms with E-state index >= 15 is 0 Å². The smallest absolute Gasteiger partial charge is 0.380 e. The van der Waals surface area contributed by atoms with Crippen LogP contribution in [-0.2, 0) is 23.4 Å². The van der Waals surface area contributed by atoms with Gasteiger partial charge >= 0.3 is 13.6 Å². The fourth-order valence-corrected chi connectivity index (χ4v) is 5.67. The number of aliphatic hydroxyl groups excluding tert-OH is 1. The molecule has 6 atom stereocenters. The summed E-state index contributed by atoms with van der Waals surface area (Å²) < 4.78 is 54.3. The highest BCUT2D eigenvalue weighted by atomic mass is 35.5. The van der Waals surface area contributed by atoms with Crippen molar-refractivity contribution in [3.63, 3.8) is 0 Å². The van der Waals surface area contributed by atoms with Gasteiger partial charge in [0.05, 0.1) is 28.0 Å². The Balaban J connectivity index is 1.91. The van der Waals surface area contributed by atoms with Crippen molar-refractivity contribution in [2.45, 2.75) is 58.7 Å². The van der Waals surface area contributed by atoms with E-state index in [0.717, 1.165) is 10.6 Å². The molecule has 0 aliphatic carbocycles. The van der Waals surface area contributed by atoms with Crippen molar-refractivity contribution in [1.29, 1.82) is 0 Å². The van der Waals surface area contributed by atoms with Crippen LogP contribution in [0.1, 0.15) is 43.6 Å². The molecular formula is C25H34ClN2O9PS. The number of H-pyrrole nitrogens is 1. The maximum atomic E-state index is 14.1. The monoisotopic (exact) mass is 606 g/mol. The van der Waals surface area contributed by atoms with E-state index in [1.54, 1.807) is 0 Å². The van der Waals surface area contributed by atoms with Crippen LogP contribution < -0.4 is 10.1 Å². The van der Waals surface area contributed by atoms with Crippen LogP contribution in [0, 0.1) is 16.1 Å². The quantitative estimate of drug-likeness (QED) is 0.205. The Morgan fingerprint density at radius 2 is 2.00 bits per heavy atom. The van der Waals surface area contributed by atoms with Gasteiger partial charge in [0.25, 0.3) is 5.56 Å². The summed E-state index contributed by atoms with van der Waals surface area (Å²) in [7, 11) is -4.55. The second-order valence-electron chi connectivity index (χ2n) is 10.7. The van der Waals surface area contributed by atoms with Crippen LogP contribution in [0.3, 0.4) is 0 Å². The highest BCUT2D eigenvalue weighted by molar-refractivity contribution is 7.71. The minimum atomic E-state index is -4.55. The number of ether oxygens (including phenoxy) is 2. The third kappa shape index (κ3) is 8.23.